The fourth-order valence-electron chi connectivity index (χ4n) is 1.57. The maximum absolute atomic E-state index is 11.7. The number of amides is 1. The SMILES string of the molecule is O=C(COc1ccc(Cl)cc1Br)NN=Cc1cc(Br)ccc1O. The number of phenolic OH excluding ortho intramolecular Hbond substituents is 1. The minimum Gasteiger partial charge on any atom is -0.507 e. The molecule has 0 saturated heterocycles. The van der Waals surface area contributed by atoms with E-state index in [1.165, 1.54) is 12.3 Å². The Bertz CT molecular complexity index is 753. The molecule has 0 radical (unpaired) electrons. The van der Waals surface area contributed by atoms with E-state index in [1.807, 2.05) is 0 Å². The number of ether oxygens (including phenoxy) is 1. The standard InChI is InChI=1S/C15H11Br2ClN2O3/c16-10-1-3-13(21)9(5-10)7-19-20-15(22)8-23-14-4-2-11(18)6-12(14)17/h1-7,21H,8H2,(H,20,22). The molecule has 5 nitrogen and oxygen atoms in total. The molecule has 2 aromatic carbocycles. The molecule has 0 spiro atoms. The van der Waals surface area contributed by atoms with E-state index in [0.717, 1.165) is 4.47 Å². The van der Waals surface area contributed by atoms with Gasteiger partial charge in [-0.3, -0.25) is 4.79 Å². The molecule has 0 aliphatic rings. The second-order valence-electron chi connectivity index (χ2n) is 4.36. The van der Waals surface area contributed by atoms with Crippen molar-refractivity contribution < 1.29 is 14.6 Å². The Labute approximate surface area is 154 Å². The summed E-state index contributed by atoms with van der Waals surface area (Å²) >= 11 is 12.4. The zero-order valence-electron chi connectivity index (χ0n) is 11.6. The van der Waals surface area contributed by atoms with Crippen molar-refractivity contribution in [2.75, 3.05) is 6.61 Å². The van der Waals surface area contributed by atoms with Crippen LogP contribution in [0.3, 0.4) is 0 Å². The Hall–Kier alpha value is -1.57. The minimum atomic E-state index is -0.433. The lowest BCUT2D eigenvalue weighted by molar-refractivity contribution is -0.123. The number of nitrogens with one attached hydrogen (secondary N) is 1. The van der Waals surface area contributed by atoms with Gasteiger partial charge in [0.1, 0.15) is 11.5 Å². The van der Waals surface area contributed by atoms with Gasteiger partial charge in [-0.05, 0) is 52.3 Å². The summed E-state index contributed by atoms with van der Waals surface area (Å²) in [7, 11) is 0. The summed E-state index contributed by atoms with van der Waals surface area (Å²) in [5, 5.41) is 14.0. The van der Waals surface area contributed by atoms with Crippen LogP contribution in [0.2, 0.25) is 5.02 Å². The first-order valence-corrected chi connectivity index (χ1v) is 8.30. The number of halogens is 3. The number of nitrogens with zero attached hydrogens (tertiary/aromatic N) is 1. The second-order valence-corrected chi connectivity index (χ2v) is 6.57. The molecule has 1 amide bonds. The van der Waals surface area contributed by atoms with Crippen molar-refractivity contribution in [3.05, 3.63) is 55.9 Å². The first-order valence-electron chi connectivity index (χ1n) is 6.34. The summed E-state index contributed by atoms with van der Waals surface area (Å²) in [6.45, 7) is -0.206. The van der Waals surface area contributed by atoms with Crippen LogP contribution in [-0.4, -0.2) is 23.8 Å². The highest BCUT2D eigenvalue weighted by Crippen LogP contribution is 2.27. The van der Waals surface area contributed by atoms with Gasteiger partial charge in [0.15, 0.2) is 6.61 Å². The van der Waals surface area contributed by atoms with Crippen molar-refractivity contribution in [3.8, 4) is 11.5 Å². The fraction of sp³-hybridized carbons (Fsp3) is 0.0667. The van der Waals surface area contributed by atoms with Crippen LogP contribution in [0, 0.1) is 0 Å². The Balaban J connectivity index is 1.87. The van der Waals surface area contributed by atoms with E-state index in [0.29, 0.717) is 20.8 Å². The summed E-state index contributed by atoms with van der Waals surface area (Å²) in [6, 6.07) is 9.88. The summed E-state index contributed by atoms with van der Waals surface area (Å²) in [5.74, 6) is 0.128. The summed E-state index contributed by atoms with van der Waals surface area (Å²) in [4.78, 5) is 11.7. The van der Waals surface area contributed by atoms with Gasteiger partial charge in [-0.1, -0.05) is 27.5 Å². The maximum Gasteiger partial charge on any atom is 0.277 e. The lowest BCUT2D eigenvalue weighted by Gasteiger charge is -2.07. The number of carbonyl (C=O) groups excluding carboxylic acids is 1. The lowest BCUT2D eigenvalue weighted by Crippen LogP contribution is -2.24. The minimum absolute atomic E-state index is 0.0625. The predicted molar refractivity (Wildman–Crippen MR) is 96.2 cm³/mol. The molecule has 8 heteroatoms. The maximum atomic E-state index is 11.7. The van der Waals surface area contributed by atoms with E-state index >= 15 is 0 Å². The second kappa shape index (κ2) is 8.33. The number of carbonyl (C=O) groups is 1. The van der Waals surface area contributed by atoms with Crippen molar-refractivity contribution in [1.82, 2.24) is 5.43 Å². The predicted octanol–water partition coefficient (Wildman–Crippen LogP) is 4.10. The number of rotatable bonds is 5. The highest BCUT2D eigenvalue weighted by atomic mass is 79.9. The largest absolute Gasteiger partial charge is 0.507 e. The van der Waals surface area contributed by atoms with Crippen LogP contribution >= 0.6 is 43.5 Å². The molecular weight excluding hydrogens is 451 g/mol. The van der Waals surface area contributed by atoms with Crippen molar-refractivity contribution in [3.63, 3.8) is 0 Å². The first-order chi connectivity index (χ1) is 11.0. The molecule has 2 rings (SSSR count). The Kier molecular flexibility index (Phi) is 6.44. The van der Waals surface area contributed by atoms with Gasteiger partial charge >= 0.3 is 0 Å². The molecule has 120 valence electrons. The van der Waals surface area contributed by atoms with Crippen LogP contribution in [-0.2, 0) is 4.79 Å². The van der Waals surface area contributed by atoms with Gasteiger partial charge < -0.3 is 9.84 Å². The molecule has 2 aromatic rings. The number of hydrazone groups is 1. The van der Waals surface area contributed by atoms with Crippen molar-refractivity contribution in [1.29, 1.82) is 0 Å². The third-order valence-electron chi connectivity index (χ3n) is 2.64. The van der Waals surface area contributed by atoms with Crippen molar-refractivity contribution >= 4 is 55.6 Å². The third-order valence-corrected chi connectivity index (χ3v) is 3.98. The molecule has 0 aliphatic carbocycles. The quantitative estimate of drug-likeness (QED) is 0.519. The average molecular weight is 463 g/mol. The van der Waals surface area contributed by atoms with Crippen LogP contribution in [0.25, 0.3) is 0 Å². The van der Waals surface area contributed by atoms with E-state index in [9.17, 15) is 9.90 Å². The van der Waals surface area contributed by atoms with Crippen molar-refractivity contribution in [2.24, 2.45) is 5.10 Å². The Morgan fingerprint density at radius 3 is 2.83 bits per heavy atom. The summed E-state index contributed by atoms with van der Waals surface area (Å²) in [5.41, 5.74) is 2.79. The monoisotopic (exact) mass is 460 g/mol. The van der Waals surface area contributed by atoms with Crippen LogP contribution in [0.5, 0.6) is 11.5 Å². The molecule has 0 heterocycles. The molecule has 0 saturated carbocycles. The third kappa shape index (κ3) is 5.53. The van der Waals surface area contributed by atoms with E-state index < -0.39 is 5.91 Å². The topological polar surface area (TPSA) is 70.9 Å². The van der Waals surface area contributed by atoms with Gasteiger partial charge in [-0.15, -0.1) is 0 Å². The van der Waals surface area contributed by atoms with E-state index in [4.69, 9.17) is 16.3 Å². The highest BCUT2D eigenvalue weighted by Gasteiger charge is 2.05. The number of hydrogen-bond acceptors (Lipinski definition) is 4. The van der Waals surface area contributed by atoms with Gasteiger partial charge in [-0.2, -0.15) is 5.10 Å². The van der Waals surface area contributed by atoms with Crippen LogP contribution in [0.15, 0.2) is 50.4 Å². The zero-order valence-corrected chi connectivity index (χ0v) is 15.5. The molecule has 0 bridgehead atoms. The van der Waals surface area contributed by atoms with E-state index in [1.54, 1.807) is 30.3 Å². The van der Waals surface area contributed by atoms with E-state index in [2.05, 4.69) is 42.4 Å². The lowest BCUT2D eigenvalue weighted by atomic mass is 10.2. The van der Waals surface area contributed by atoms with Gasteiger partial charge in [-0.25, -0.2) is 5.43 Å². The molecule has 0 aliphatic heterocycles. The van der Waals surface area contributed by atoms with Gasteiger partial charge in [0.05, 0.1) is 10.7 Å². The average Bonchev–Trinajstić information content (AvgIpc) is 2.50. The molecular formula is C15H11Br2ClN2O3. The smallest absolute Gasteiger partial charge is 0.277 e. The van der Waals surface area contributed by atoms with E-state index in [-0.39, 0.29) is 12.4 Å². The fourth-order valence-corrected chi connectivity index (χ4v) is 2.75. The number of hydrogen-bond donors (Lipinski definition) is 2. The normalized spacial score (nSPS) is 10.7. The molecule has 0 fully saturated rings. The van der Waals surface area contributed by atoms with Crippen molar-refractivity contribution in [2.45, 2.75) is 0 Å². The summed E-state index contributed by atoms with van der Waals surface area (Å²) < 4.78 is 6.79. The molecule has 0 atom stereocenters. The van der Waals surface area contributed by atoms with Gasteiger partial charge in [0, 0.05) is 15.1 Å². The number of phenols is 1. The Morgan fingerprint density at radius 1 is 1.30 bits per heavy atom. The van der Waals surface area contributed by atoms with Gasteiger partial charge in [0.25, 0.3) is 5.91 Å². The molecule has 23 heavy (non-hydrogen) atoms. The molecule has 0 unspecified atom stereocenters. The van der Waals surface area contributed by atoms with Crippen LogP contribution in [0.4, 0.5) is 0 Å². The molecule has 2 N–H and O–H groups in total. The van der Waals surface area contributed by atoms with Crippen LogP contribution in [0.1, 0.15) is 5.56 Å². The highest BCUT2D eigenvalue weighted by molar-refractivity contribution is 9.10. The Morgan fingerprint density at radius 2 is 2.09 bits per heavy atom. The molecule has 0 aromatic heterocycles. The first kappa shape index (κ1) is 17.8. The number of aromatic hydroxyl groups is 1. The number of benzene rings is 2. The summed E-state index contributed by atoms with van der Waals surface area (Å²) in [6.07, 6.45) is 1.34. The van der Waals surface area contributed by atoms with Gasteiger partial charge in [0.2, 0.25) is 0 Å². The zero-order chi connectivity index (χ0) is 16.8. The van der Waals surface area contributed by atoms with Crippen LogP contribution < -0.4 is 10.2 Å².